The molecule has 0 spiro atoms. The predicted octanol–water partition coefficient (Wildman–Crippen LogP) is 2.62. The highest BCUT2D eigenvalue weighted by atomic mass is 16.4. The third kappa shape index (κ3) is 5.10. The van der Waals surface area contributed by atoms with E-state index in [2.05, 4.69) is 34.9 Å². The van der Waals surface area contributed by atoms with Crippen molar-refractivity contribution in [1.29, 1.82) is 0 Å². The molecule has 1 aromatic carbocycles. The Hall–Kier alpha value is -2.04. The summed E-state index contributed by atoms with van der Waals surface area (Å²) in [6.07, 6.45) is 4.42. The molecule has 1 aliphatic carbocycles. The number of nitrogens with one attached hydrogen (secondary N) is 2. The first-order chi connectivity index (χ1) is 10.1. The predicted molar refractivity (Wildman–Crippen MR) is 80.1 cm³/mol. The Morgan fingerprint density at radius 3 is 2.43 bits per heavy atom. The standard InChI is InChI=1S/C16H22N2O3/c19-15(20)5-2-10-17-16(21)18-11-12-6-8-14(9-7-12)13-3-1-4-13/h6-9,13H,1-5,10-11H2,(H,19,20)(H2,17,18,21). The van der Waals surface area contributed by atoms with Crippen LogP contribution in [0.4, 0.5) is 4.79 Å². The normalized spacial score (nSPS) is 14.3. The fourth-order valence-electron chi connectivity index (χ4n) is 2.34. The van der Waals surface area contributed by atoms with Crippen molar-refractivity contribution in [2.24, 2.45) is 0 Å². The molecule has 0 unspecified atom stereocenters. The molecule has 5 heteroatoms. The molecule has 0 heterocycles. The minimum absolute atomic E-state index is 0.0723. The van der Waals surface area contributed by atoms with Gasteiger partial charge < -0.3 is 15.7 Å². The Bertz CT molecular complexity index is 481. The molecule has 2 rings (SSSR count). The maximum absolute atomic E-state index is 11.5. The van der Waals surface area contributed by atoms with Crippen molar-refractivity contribution in [2.75, 3.05) is 6.54 Å². The van der Waals surface area contributed by atoms with E-state index in [1.165, 1.54) is 24.8 Å². The maximum atomic E-state index is 11.5. The summed E-state index contributed by atoms with van der Waals surface area (Å²) in [5.74, 6) is -0.117. The van der Waals surface area contributed by atoms with Crippen LogP contribution >= 0.6 is 0 Å². The quantitative estimate of drug-likeness (QED) is 0.675. The van der Waals surface area contributed by atoms with Gasteiger partial charge in [-0.1, -0.05) is 30.7 Å². The first-order valence-electron chi connectivity index (χ1n) is 7.47. The lowest BCUT2D eigenvalue weighted by Crippen LogP contribution is -2.35. The van der Waals surface area contributed by atoms with Crippen LogP contribution in [0.3, 0.4) is 0 Å². The van der Waals surface area contributed by atoms with Crippen LogP contribution in [0.25, 0.3) is 0 Å². The summed E-state index contributed by atoms with van der Waals surface area (Å²) < 4.78 is 0. The number of hydrogen-bond acceptors (Lipinski definition) is 2. The van der Waals surface area contributed by atoms with Gasteiger partial charge in [-0.3, -0.25) is 4.79 Å². The second-order valence-electron chi connectivity index (χ2n) is 5.48. The molecule has 0 atom stereocenters. The first-order valence-corrected chi connectivity index (χ1v) is 7.47. The van der Waals surface area contributed by atoms with Gasteiger partial charge in [0.05, 0.1) is 0 Å². The van der Waals surface area contributed by atoms with Crippen LogP contribution in [0.15, 0.2) is 24.3 Å². The van der Waals surface area contributed by atoms with E-state index in [0.717, 1.165) is 11.5 Å². The van der Waals surface area contributed by atoms with E-state index in [1.54, 1.807) is 0 Å². The van der Waals surface area contributed by atoms with Gasteiger partial charge in [-0.05, 0) is 36.3 Å². The average molecular weight is 290 g/mol. The fourth-order valence-corrected chi connectivity index (χ4v) is 2.34. The number of carbonyl (C=O) groups is 2. The van der Waals surface area contributed by atoms with Gasteiger partial charge in [-0.15, -0.1) is 0 Å². The summed E-state index contributed by atoms with van der Waals surface area (Å²) in [6.45, 7) is 0.856. The molecule has 5 nitrogen and oxygen atoms in total. The summed E-state index contributed by atoms with van der Waals surface area (Å²) in [7, 11) is 0. The SMILES string of the molecule is O=C(O)CCCNC(=O)NCc1ccc(C2CCC2)cc1. The number of benzene rings is 1. The van der Waals surface area contributed by atoms with Crippen LogP contribution in [-0.2, 0) is 11.3 Å². The molecule has 0 aliphatic heterocycles. The number of hydrogen-bond donors (Lipinski definition) is 3. The number of amides is 2. The smallest absolute Gasteiger partial charge is 0.315 e. The van der Waals surface area contributed by atoms with Crippen molar-refractivity contribution >= 4 is 12.0 Å². The summed E-state index contributed by atoms with van der Waals surface area (Å²) in [6, 6.07) is 8.14. The zero-order chi connectivity index (χ0) is 15.1. The Kier molecular flexibility index (Phi) is 5.60. The van der Waals surface area contributed by atoms with E-state index < -0.39 is 5.97 Å². The minimum atomic E-state index is -0.844. The number of carbonyl (C=O) groups excluding carboxylic acids is 1. The highest BCUT2D eigenvalue weighted by Crippen LogP contribution is 2.36. The molecule has 1 aliphatic rings. The van der Waals surface area contributed by atoms with Crippen LogP contribution in [0.1, 0.15) is 49.1 Å². The van der Waals surface area contributed by atoms with Crippen LogP contribution < -0.4 is 10.6 Å². The van der Waals surface area contributed by atoms with Gasteiger partial charge in [0.25, 0.3) is 0 Å². The highest BCUT2D eigenvalue weighted by Gasteiger charge is 2.18. The van der Waals surface area contributed by atoms with Crippen molar-refractivity contribution in [3.05, 3.63) is 35.4 Å². The van der Waals surface area contributed by atoms with Gasteiger partial charge >= 0.3 is 12.0 Å². The third-order valence-corrected chi connectivity index (χ3v) is 3.86. The number of urea groups is 1. The summed E-state index contributed by atoms with van der Waals surface area (Å²) in [4.78, 5) is 21.8. The zero-order valence-corrected chi connectivity index (χ0v) is 12.1. The van der Waals surface area contributed by atoms with Crippen molar-refractivity contribution in [3.63, 3.8) is 0 Å². The lowest BCUT2D eigenvalue weighted by molar-refractivity contribution is -0.137. The third-order valence-electron chi connectivity index (χ3n) is 3.86. The van der Waals surface area contributed by atoms with Gasteiger partial charge in [0, 0.05) is 19.5 Å². The summed E-state index contributed by atoms with van der Waals surface area (Å²) in [5, 5.41) is 13.9. The molecule has 3 N–H and O–H groups in total. The number of aliphatic carboxylic acids is 1. The molecular formula is C16H22N2O3. The molecule has 0 bridgehead atoms. The van der Waals surface area contributed by atoms with E-state index >= 15 is 0 Å². The largest absolute Gasteiger partial charge is 0.481 e. The maximum Gasteiger partial charge on any atom is 0.315 e. The fraction of sp³-hybridized carbons (Fsp3) is 0.500. The van der Waals surface area contributed by atoms with E-state index in [0.29, 0.717) is 19.5 Å². The van der Waals surface area contributed by atoms with Gasteiger partial charge in [0.1, 0.15) is 0 Å². The van der Waals surface area contributed by atoms with Crippen LogP contribution in [0.5, 0.6) is 0 Å². The molecule has 21 heavy (non-hydrogen) atoms. The molecule has 2 amide bonds. The van der Waals surface area contributed by atoms with E-state index in [4.69, 9.17) is 5.11 Å². The van der Waals surface area contributed by atoms with E-state index in [1.807, 2.05) is 0 Å². The Labute approximate surface area is 124 Å². The monoisotopic (exact) mass is 290 g/mol. The van der Waals surface area contributed by atoms with Crippen LogP contribution in [0, 0.1) is 0 Å². The van der Waals surface area contributed by atoms with Crippen molar-refractivity contribution < 1.29 is 14.7 Å². The molecular weight excluding hydrogens is 268 g/mol. The Balaban J connectivity index is 1.65. The molecule has 0 saturated heterocycles. The molecule has 114 valence electrons. The molecule has 0 radical (unpaired) electrons. The van der Waals surface area contributed by atoms with E-state index in [9.17, 15) is 9.59 Å². The second kappa shape index (κ2) is 7.67. The lowest BCUT2D eigenvalue weighted by Gasteiger charge is -2.25. The lowest BCUT2D eigenvalue weighted by atomic mass is 9.80. The Morgan fingerprint density at radius 1 is 1.14 bits per heavy atom. The van der Waals surface area contributed by atoms with Gasteiger partial charge in [0.15, 0.2) is 0 Å². The number of rotatable bonds is 7. The van der Waals surface area contributed by atoms with Gasteiger partial charge in [0.2, 0.25) is 0 Å². The summed E-state index contributed by atoms with van der Waals surface area (Å²) >= 11 is 0. The second-order valence-corrected chi connectivity index (χ2v) is 5.48. The zero-order valence-electron chi connectivity index (χ0n) is 12.1. The van der Waals surface area contributed by atoms with Crippen LogP contribution in [-0.4, -0.2) is 23.7 Å². The van der Waals surface area contributed by atoms with E-state index in [-0.39, 0.29) is 12.5 Å². The molecule has 1 aromatic rings. The molecule has 1 fully saturated rings. The van der Waals surface area contributed by atoms with Gasteiger partial charge in [-0.25, -0.2) is 4.79 Å². The summed E-state index contributed by atoms with van der Waals surface area (Å²) in [5.41, 5.74) is 2.46. The number of carboxylic acid groups (broad SMARTS) is 1. The van der Waals surface area contributed by atoms with Crippen molar-refractivity contribution in [3.8, 4) is 0 Å². The molecule has 1 saturated carbocycles. The van der Waals surface area contributed by atoms with Gasteiger partial charge in [-0.2, -0.15) is 0 Å². The topological polar surface area (TPSA) is 78.4 Å². The average Bonchev–Trinajstić information content (AvgIpc) is 2.41. The Morgan fingerprint density at radius 2 is 1.86 bits per heavy atom. The number of carboxylic acids is 1. The van der Waals surface area contributed by atoms with Crippen molar-refractivity contribution in [1.82, 2.24) is 10.6 Å². The van der Waals surface area contributed by atoms with Crippen LogP contribution in [0.2, 0.25) is 0 Å². The minimum Gasteiger partial charge on any atom is -0.481 e. The highest BCUT2D eigenvalue weighted by molar-refractivity contribution is 5.73. The molecule has 0 aromatic heterocycles. The van der Waals surface area contributed by atoms with Crippen molar-refractivity contribution in [2.45, 2.75) is 44.6 Å². The first kappa shape index (κ1) is 15.4.